The molecule has 1 aromatic carbocycles. The second kappa shape index (κ2) is 7.95. The number of halogens is 1. The van der Waals surface area contributed by atoms with Crippen LogP contribution in [0.1, 0.15) is 26.3 Å². The number of nitrogens with one attached hydrogen (secondary N) is 1. The van der Waals surface area contributed by atoms with Crippen LogP contribution in [0.25, 0.3) is 0 Å². The molecular formula is C15H21BrN2O2S. The minimum Gasteiger partial charge on any atom is -0.310 e. The lowest BCUT2D eigenvalue weighted by Gasteiger charge is -2.19. The normalized spacial score (nSPS) is 11.9. The SMILES string of the molecule is C#CCN(CC)S(=O)(=O)c1cc(CNC(C)C)ccc1Br. The van der Waals surface area contributed by atoms with Gasteiger partial charge in [-0.05, 0) is 33.6 Å². The highest BCUT2D eigenvalue weighted by atomic mass is 79.9. The van der Waals surface area contributed by atoms with Crippen molar-refractivity contribution in [1.82, 2.24) is 9.62 Å². The Balaban J connectivity index is 3.16. The highest BCUT2D eigenvalue weighted by molar-refractivity contribution is 9.10. The average molecular weight is 373 g/mol. The molecule has 0 saturated carbocycles. The first-order valence-corrected chi connectivity index (χ1v) is 9.01. The van der Waals surface area contributed by atoms with Crippen LogP contribution in [-0.2, 0) is 16.6 Å². The Hall–Kier alpha value is -0.870. The van der Waals surface area contributed by atoms with Gasteiger partial charge in [0.15, 0.2) is 0 Å². The van der Waals surface area contributed by atoms with Gasteiger partial charge in [0.1, 0.15) is 0 Å². The van der Waals surface area contributed by atoms with E-state index < -0.39 is 10.0 Å². The Bertz CT molecular complexity index is 621. The van der Waals surface area contributed by atoms with Crippen LogP contribution in [0.3, 0.4) is 0 Å². The van der Waals surface area contributed by atoms with Crippen molar-refractivity contribution in [2.45, 2.75) is 38.3 Å². The first-order valence-electron chi connectivity index (χ1n) is 6.78. The molecule has 1 aromatic rings. The van der Waals surface area contributed by atoms with Crippen LogP contribution in [0.4, 0.5) is 0 Å². The summed E-state index contributed by atoms with van der Waals surface area (Å²) in [5.41, 5.74) is 0.919. The predicted molar refractivity (Wildman–Crippen MR) is 89.4 cm³/mol. The molecule has 0 radical (unpaired) electrons. The minimum atomic E-state index is -3.59. The third kappa shape index (κ3) is 4.82. The third-order valence-electron chi connectivity index (χ3n) is 2.95. The fourth-order valence-corrected chi connectivity index (χ4v) is 4.12. The summed E-state index contributed by atoms with van der Waals surface area (Å²) in [4.78, 5) is 0.252. The molecule has 1 rings (SSSR count). The molecule has 0 aliphatic rings. The summed E-state index contributed by atoms with van der Waals surface area (Å²) in [6.45, 7) is 6.89. The molecule has 6 heteroatoms. The van der Waals surface area contributed by atoms with Crippen LogP contribution in [0.5, 0.6) is 0 Å². The van der Waals surface area contributed by atoms with Crippen molar-refractivity contribution >= 4 is 26.0 Å². The van der Waals surface area contributed by atoms with Gasteiger partial charge in [-0.2, -0.15) is 4.31 Å². The summed E-state index contributed by atoms with van der Waals surface area (Å²) in [5.74, 6) is 2.39. The quantitative estimate of drug-likeness (QED) is 0.748. The molecule has 0 saturated heterocycles. The van der Waals surface area contributed by atoms with Crippen LogP contribution in [-0.4, -0.2) is 31.9 Å². The Morgan fingerprint density at radius 3 is 2.62 bits per heavy atom. The molecule has 0 aromatic heterocycles. The van der Waals surface area contributed by atoms with Crippen molar-refractivity contribution in [1.29, 1.82) is 0 Å². The van der Waals surface area contributed by atoms with E-state index in [1.165, 1.54) is 4.31 Å². The van der Waals surface area contributed by atoms with E-state index in [4.69, 9.17) is 6.42 Å². The first kappa shape index (κ1) is 18.2. The number of hydrogen-bond donors (Lipinski definition) is 1. The standard InChI is InChI=1S/C15H21BrN2O2S/c1-5-9-18(6-2)21(19,20)15-10-13(7-8-14(15)16)11-17-12(3)4/h1,7-8,10,12,17H,6,9,11H2,2-4H3. The van der Waals surface area contributed by atoms with Gasteiger partial charge in [-0.1, -0.05) is 32.8 Å². The zero-order valence-corrected chi connectivity index (χ0v) is 15.0. The molecule has 0 atom stereocenters. The van der Waals surface area contributed by atoms with Gasteiger partial charge in [0, 0.05) is 23.6 Å². The Morgan fingerprint density at radius 1 is 1.43 bits per heavy atom. The van der Waals surface area contributed by atoms with Crippen LogP contribution in [0.15, 0.2) is 27.6 Å². The molecule has 21 heavy (non-hydrogen) atoms. The van der Waals surface area contributed by atoms with Gasteiger partial charge in [-0.15, -0.1) is 6.42 Å². The van der Waals surface area contributed by atoms with Crippen LogP contribution in [0, 0.1) is 12.3 Å². The third-order valence-corrected chi connectivity index (χ3v) is 5.86. The van der Waals surface area contributed by atoms with E-state index in [9.17, 15) is 8.42 Å². The van der Waals surface area contributed by atoms with E-state index >= 15 is 0 Å². The van der Waals surface area contributed by atoms with Crippen molar-refractivity contribution in [3.8, 4) is 12.3 Å². The summed E-state index contributed by atoms with van der Waals surface area (Å²) >= 11 is 3.32. The molecule has 0 unspecified atom stereocenters. The second-order valence-electron chi connectivity index (χ2n) is 4.94. The van der Waals surface area contributed by atoms with E-state index in [2.05, 4.69) is 27.2 Å². The predicted octanol–water partition coefficient (Wildman–Crippen LogP) is 2.59. The number of benzene rings is 1. The summed E-state index contributed by atoms with van der Waals surface area (Å²) in [6.07, 6.45) is 5.25. The number of rotatable bonds is 7. The molecule has 1 N–H and O–H groups in total. The van der Waals surface area contributed by atoms with Crippen molar-refractivity contribution in [3.63, 3.8) is 0 Å². The topological polar surface area (TPSA) is 49.4 Å². The van der Waals surface area contributed by atoms with Crippen molar-refractivity contribution in [2.75, 3.05) is 13.1 Å². The molecule has 4 nitrogen and oxygen atoms in total. The van der Waals surface area contributed by atoms with Gasteiger partial charge in [0.25, 0.3) is 0 Å². The Kier molecular flexibility index (Phi) is 6.88. The first-order chi connectivity index (χ1) is 9.82. The lowest BCUT2D eigenvalue weighted by molar-refractivity contribution is 0.463. The Labute approximate surface area is 136 Å². The lowest BCUT2D eigenvalue weighted by atomic mass is 10.2. The highest BCUT2D eigenvalue weighted by Gasteiger charge is 2.25. The molecule has 0 fully saturated rings. The van der Waals surface area contributed by atoms with E-state index in [0.717, 1.165) is 5.56 Å². The number of terminal acetylenes is 1. The molecule has 0 spiro atoms. The molecule has 0 bridgehead atoms. The largest absolute Gasteiger partial charge is 0.310 e. The van der Waals surface area contributed by atoms with Crippen molar-refractivity contribution in [2.24, 2.45) is 0 Å². The van der Waals surface area contributed by atoms with Gasteiger partial charge < -0.3 is 5.32 Å². The summed E-state index contributed by atoms with van der Waals surface area (Å²) < 4.78 is 27.1. The molecule has 116 valence electrons. The smallest absolute Gasteiger partial charge is 0.245 e. The highest BCUT2D eigenvalue weighted by Crippen LogP contribution is 2.26. The number of nitrogens with zero attached hydrogens (tertiary/aromatic N) is 1. The number of hydrogen-bond acceptors (Lipinski definition) is 3. The maximum absolute atomic E-state index is 12.6. The number of sulfonamides is 1. The van der Waals surface area contributed by atoms with E-state index in [-0.39, 0.29) is 11.4 Å². The van der Waals surface area contributed by atoms with Gasteiger partial charge in [0.2, 0.25) is 10.0 Å². The zero-order chi connectivity index (χ0) is 16.0. The fraction of sp³-hybridized carbons (Fsp3) is 0.467. The molecular weight excluding hydrogens is 352 g/mol. The van der Waals surface area contributed by atoms with Crippen molar-refractivity contribution in [3.05, 3.63) is 28.2 Å². The molecule has 0 aliphatic heterocycles. The monoisotopic (exact) mass is 372 g/mol. The van der Waals surface area contributed by atoms with E-state index in [1.54, 1.807) is 19.1 Å². The average Bonchev–Trinajstić information content (AvgIpc) is 2.43. The second-order valence-corrected chi connectivity index (χ2v) is 7.70. The van der Waals surface area contributed by atoms with E-state index in [0.29, 0.717) is 23.6 Å². The van der Waals surface area contributed by atoms with Crippen LogP contribution in [0.2, 0.25) is 0 Å². The van der Waals surface area contributed by atoms with Crippen LogP contribution >= 0.6 is 15.9 Å². The summed E-state index contributed by atoms with van der Waals surface area (Å²) in [6, 6.07) is 5.68. The van der Waals surface area contributed by atoms with Gasteiger partial charge in [-0.25, -0.2) is 8.42 Å². The Morgan fingerprint density at radius 2 is 2.10 bits per heavy atom. The zero-order valence-electron chi connectivity index (χ0n) is 12.6. The molecule has 0 amide bonds. The molecule has 0 heterocycles. The molecule has 0 aliphatic carbocycles. The lowest BCUT2D eigenvalue weighted by Crippen LogP contribution is -2.31. The van der Waals surface area contributed by atoms with Gasteiger partial charge in [0.05, 0.1) is 11.4 Å². The maximum Gasteiger partial charge on any atom is 0.245 e. The maximum atomic E-state index is 12.6. The summed E-state index contributed by atoms with van der Waals surface area (Å²) in [7, 11) is -3.59. The summed E-state index contributed by atoms with van der Waals surface area (Å²) in [5, 5.41) is 3.27. The minimum absolute atomic E-state index is 0.0692. The fourth-order valence-electron chi connectivity index (χ4n) is 1.79. The van der Waals surface area contributed by atoms with E-state index in [1.807, 2.05) is 19.9 Å². The van der Waals surface area contributed by atoms with Gasteiger partial charge in [-0.3, -0.25) is 0 Å². The van der Waals surface area contributed by atoms with Crippen LogP contribution < -0.4 is 5.32 Å². The van der Waals surface area contributed by atoms with Gasteiger partial charge >= 0.3 is 0 Å². The van der Waals surface area contributed by atoms with Crippen molar-refractivity contribution < 1.29 is 8.42 Å².